The molecule has 0 saturated heterocycles. The smallest absolute Gasteiger partial charge is 0.285 e. The lowest BCUT2D eigenvalue weighted by Crippen LogP contribution is -2.30. The molecule has 9 heteroatoms. The lowest BCUT2D eigenvalue weighted by atomic mass is 10.2. The first-order chi connectivity index (χ1) is 12.3. The van der Waals surface area contributed by atoms with Crippen molar-refractivity contribution in [3.05, 3.63) is 82.4 Å². The molecule has 0 atom stereocenters. The first-order valence-corrected chi connectivity index (χ1v) is 9.66. The maximum atomic E-state index is 12.3. The Kier molecular flexibility index (Phi) is 5.31. The molecule has 0 radical (unpaired) electrons. The number of nitrogens with one attached hydrogen (secondary N) is 1. The number of halogens is 2. The Bertz CT molecular complexity index is 1050. The lowest BCUT2D eigenvalue weighted by molar-refractivity contribution is 0.0977. The van der Waals surface area contributed by atoms with Crippen molar-refractivity contribution in [2.24, 2.45) is 0 Å². The summed E-state index contributed by atoms with van der Waals surface area (Å²) in [5.41, 5.74) is 0.954. The van der Waals surface area contributed by atoms with Crippen LogP contribution in [0.4, 0.5) is 0 Å². The van der Waals surface area contributed by atoms with E-state index in [1.807, 2.05) is 16.9 Å². The van der Waals surface area contributed by atoms with Gasteiger partial charge in [0.1, 0.15) is 5.69 Å². The minimum Gasteiger partial charge on any atom is -0.332 e. The third-order valence-electron chi connectivity index (χ3n) is 3.48. The number of amides is 1. The average molecular weight is 410 g/mol. The molecule has 1 heterocycles. The van der Waals surface area contributed by atoms with E-state index < -0.39 is 15.9 Å². The third kappa shape index (κ3) is 4.43. The van der Waals surface area contributed by atoms with Gasteiger partial charge in [-0.15, -0.1) is 0 Å². The van der Waals surface area contributed by atoms with Crippen LogP contribution in [-0.4, -0.2) is 23.9 Å². The zero-order valence-corrected chi connectivity index (χ0v) is 15.6. The molecule has 3 aromatic rings. The first kappa shape index (κ1) is 18.4. The van der Waals surface area contributed by atoms with Crippen molar-refractivity contribution < 1.29 is 13.2 Å². The van der Waals surface area contributed by atoms with Crippen molar-refractivity contribution in [1.29, 1.82) is 0 Å². The Labute approximate surface area is 160 Å². The van der Waals surface area contributed by atoms with Crippen LogP contribution in [0.5, 0.6) is 0 Å². The van der Waals surface area contributed by atoms with Crippen LogP contribution in [0, 0.1) is 0 Å². The maximum absolute atomic E-state index is 12.3. The van der Waals surface area contributed by atoms with Gasteiger partial charge in [0.25, 0.3) is 15.9 Å². The number of carbonyl (C=O) groups is 1. The van der Waals surface area contributed by atoms with Crippen LogP contribution in [-0.2, 0) is 16.6 Å². The summed E-state index contributed by atoms with van der Waals surface area (Å²) in [7, 11) is -4.03. The van der Waals surface area contributed by atoms with Crippen LogP contribution in [0.3, 0.4) is 0 Å². The van der Waals surface area contributed by atoms with Gasteiger partial charge in [-0.2, -0.15) is 0 Å². The highest BCUT2D eigenvalue weighted by atomic mass is 35.5. The quantitative estimate of drug-likeness (QED) is 0.700. The molecule has 0 saturated carbocycles. The molecule has 134 valence electrons. The largest absolute Gasteiger partial charge is 0.332 e. The molecule has 0 unspecified atom stereocenters. The fraction of sp³-hybridized carbons (Fsp3) is 0.0588. The maximum Gasteiger partial charge on any atom is 0.285 e. The summed E-state index contributed by atoms with van der Waals surface area (Å²) in [5, 5.41) is 0.887. The molecule has 1 aromatic heterocycles. The monoisotopic (exact) mass is 409 g/mol. The van der Waals surface area contributed by atoms with E-state index in [-0.39, 0.29) is 15.6 Å². The Morgan fingerprint density at radius 3 is 2.50 bits per heavy atom. The molecule has 26 heavy (non-hydrogen) atoms. The number of benzene rings is 2. The molecule has 0 spiro atoms. The second kappa shape index (κ2) is 7.49. The first-order valence-electron chi connectivity index (χ1n) is 7.42. The van der Waals surface area contributed by atoms with Gasteiger partial charge in [-0.25, -0.2) is 18.1 Å². The summed E-state index contributed by atoms with van der Waals surface area (Å²) in [6.45, 7) is 0.471. The van der Waals surface area contributed by atoms with Crippen molar-refractivity contribution in [3.63, 3.8) is 0 Å². The van der Waals surface area contributed by atoms with Gasteiger partial charge in [0.2, 0.25) is 0 Å². The van der Waals surface area contributed by atoms with Gasteiger partial charge >= 0.3 is 0 Å². The van der Waals surface area contributed by atoms with Gasteiger partial charge in [0.15, 0.2) is 0 Å². The molecular formula is C17H13Cl2N3O3S. The van der Waals surface area contributed by atoms with Crippen LogP contribution in [0.1, 0.15) is 16.1 Å². The number of imidazole rings is 1. The SMILES string of the molecule is O=C(NS(=O)(=O)c1cccc(Cl)c1)c1cn(Cc2ccc(Cl)cc2)cn1. The lowest BCUT2D eigenvalue weighted by Gasteiger charge is -2.06. The molecule has 3 rings (SSSR count). The number of sulfonamides is 1. The fourth-order valence-corrected chi connectivity index (χ4v) is 3.62. The minimum atomic E-state index is -4.03. The van der Waals surface area contributed by atoms with E-state index in [1.54, 1.807) is 22.8 Å². The van der Waals surface area contributed by atoms with Gasteiger partial charge in [0.05, 0.1) is 11.2 Å². The minimum absolute atomic E-state index is 0.00966. The standard InChI is InChI=1S/C17H13Cl2N3O3S/c18-13-6-4-12(5-7-13)9-22-10-16(20-11-22)17(23)21-26(24,25)15-3-1-2-14(19)8-15/h1-8,10-11H,9H2,(H,21,23). The zero-order valence-electron chi connectivity index (χ0n) is 13.3. The molecule has 2 aromatic carbocycles. The van der Waals surface area contributed by atoms with Crippen molar-refractivity contribution in [2.45, 2.75) is 11.4 Å². The Hall–Kier alpha value is -2.35. The van der Waals surface area contributed by atoms with E-state index in [2.05, 4.69) is 4.98 Å². The highest BCUT2D eigenvalue weighted by Gasteiger charge is 2.20. The molecule has 0 bridgehead atoms. The molecule has 6 nitrogen and oxygen atoms in total. The molecule has 0 aliphatic rings. The zero-order chi connectivity index (χ0) is 18.7. The van der Waals surface area contributed by atoms with Crippen molar-refractivity contribution in [1.82, 2.24) is 14.3 Å². The number of rotatable bonds is 5. The van der Waals surface area contributed by atoms with Crippen molar-refractivity contribution >= 4 is 39.1 Å². The summed E-state index contributed by atoms with van der Waals surface area (Å²) < 4.78 is 28.2. The van der Waals surface area contributed by atoms with Gasteiger partial charge < -0.3 is 4.57 Å². The Balaban J connectivity index is 1.72. The summed E-state index contributed by atoms with van der Waals surface area (Å²) in [6, 6.07) is 12.9. The average Bonchev–Trinajstić information content (AvgIpc) is 3.05. The fourth-order valence-electron chi connectivity index (χ4n) is 2.23. The number of aromatic nitrogens is 2. The molecule has 0 aliphatic carbocycles. The van der Waals surface area contributed by atoms with Crippen LogP contribution in [0.2, 0.25) is 10.0 Å². The van der Waals surface area contributed by atoms with Crippen molar-refractivity contribution in [3.8, 4) is 0 Å². The number of hydrogen-bond acceptors (Lipinski definition) is 4. The predicted molar refractivity (Wildman–Crippen MR) is 98.9 cm³/mol. The van der Waals surface area contributed by atoms with E-state index in [1.165, 1.54) is 30.7 Å². The van der Waals surface area contributed by atoms with Gasteiger partial charge in [0, 0.05) is 22.8 Å². The topological polar surface area (TPSA) is 81.1 Å². The van der Waals surface area contributed by atoms with Gasteiger partial charge in [-0.3, -0.25) is 4.79 Å². The Morgan fingerprint density at radius 1 is 1.08 bits per heavy atom. The normalized spacial score (nSPS) is 11.3. The van der Waals surface area contributed by atoms with Gasteiger partial charge in [-0.1, -0.05) is 41.4 Å². The van der Waals surface area contributed by atoms with E-state index in [0.29, 0.717) is 11.6 Å². The summed E-state index contributed by atoms with van der Waals surface area (Å²) in [6.07, 6.45) is 2.92. The van der Waals surface area contributed by atoms with Gasteiger partial charge in [-0.05, 0) is 35.9 Å². The molecular weight excluding hydrogens is 397 g/mol. The second-order valence-corrected chi connectivity index (χ2v) is 8.00. The second-order valence-electron chi connectivity index (χ2n) is 5.45. The van der Waals surface area contributed by atoms with E-state index >= 15 is 0 Å². The third-order valence-corrected chi connectivity index (χ3v) is 5.29. The Morgan fingerprint density at radius 2 is 1.81 bits per heavy atom. The van der Waals surface area contributed by atoms with Crippen LogP contribution >= 0.6 is 23.2 Å². The summed E-state index contributed by atoms with van der Waals surface area (Å²) in [5.74, 6) is -0.820. The predicted octanol–water partition coefficient (Wildman–Crippen LogP) is 3.36. The van der Waals surface area contributed by atoms with E-state index in [9.17, 15) is 13.2 Å². The highest BCUT2D eigenvalue weighted by Crippen LogP contribution is 2.16. The molecule has 1 amide bonds. The van der Waals surface area contributed by atoms with Crippen LogP contribution in [0.15, 0.2) is 66.0 Å². The molecule has 0 aliphatic heterocycles. The highest BCUT2D eigenvalue weighted by molar-refractivity contribution is 7.90. The van der Waals surface area contributed by atoms with Crippen molar-refractivity contribution in [2.75, 3.05) is 0 Å². The van der Waals surface area contributed by atoms with Crippen LogP contribution in [0.25, 0.3) is 0 Å². The summed E-state index contributed by atoms with van der Waals surface area (Å²) in [4.78, 5) is 16.1. The summed E-state index contributed by atoms with van der Waals surface area (Å²) >= 11 is 11.6. The number of nitrogens with zero attached hydrogens (tertiary/aromatic N) is 2. The molecule has 0 fully saturated rings. The number of carbonyl (C=O) groups excluding carboxylic acids is 1. The van der Waals surface area contributed by atoms with Crippen LogP contribution < -0.4 is 4.72 Å². The molecule has 1 N–H and O–H groups in total. The van der Waals surface area contributed by atoms with E-state index in [4.69, 9.17) is 23.2 Å². The number of hydrogen-bond donors (Lipinski definition) is 1. The van der Waals surface area contributed by atoms with E-state index in [0.717, 1.165) is 5.56 Å².